The molecule has 0 heterocycles. The topological polar surface area (TPSA) is 104 Å². The number of nitrogens with two attached hydrogens (primary N) is 1. The lowest BCUT2D eigenvalue weighted by Crippen LogP contribution is -2.32. The number of hydrogen-bond donors (Lipinski definition) is 4. The SMILES string of the molecule is CC.CN.O=Cc1cccc(NC2=C(NCc3ccccc3)CC2=O)c1O. The second-order valence-corrected chi connectivity index (χ2v) is 5.28. The maximum Gasteiger partial charge on any atom is 0.186 e. The highest BCUT2D eigenvalue weighted by Crippen LogP contribution is 2.31. The van der Waals surface area contributed by atoms with E-state index in [0.717, 1.165) is 11.3 Å². The van der Waals surface area contributed by atoms with Gasteiger partial charge in [-0.25, -0.2) is 0 Å². The Morgan fingerprint density at radius 3 is 2.33 bits per heavy atom. The van der Waals surface area contributed by atoms with Crippen LogP contribution in [0.3, 0.4) is 0 Å². The van der Waals surface area contributed by atoms with E-state index < -0.39 is 0 Å². The maximum absolute atomic E-state index is 11.8. The second kappa shape index (κ2) is 11.5. The van der Waals surface area contributed by atoms with Crippen LogP contribution in [0.4, 0.5) is 5.69 Å². The average molecular weight is 369 g/mol. The van der Waals surface area contributed by atoms with Crippen molar-refractivity contribution in [3.63, 3.8) is 0 Å². The highest BCUT2D eigenvalue weighted by Gasteiger charge is 2.28. The summed E-state index contributed by atoms with van der Waals surface area (Å²) in [6, 6.07) is 14.6. The Balaban J connectivity index is 0.000000855. The quantitative estimate of drug-likeness (QED) is 0.460. The number of nitrogens with one attached hydrogen (secondary N) is 2. The molecule has 6 nitrogen and oxygen atoms in total. The van der Waals surface area contributed by atoms with E-state index in [9.17, 15) is 14.7 Å². The number of rotatable bonds is 6. The number of allylic oxidation sites excluding steroid dienone is 2. The molecule has 0 aliphatic heterocycles. The summed E-state index contributed by atoms with van der Waals surface area (Å²) < 4.78 is 0. The highest BCUT2D eigenvalue weighted by molar-refractivity contribution is 6.07. The summed E-state index contributed by atoms with van der Waals surface area (Å²) in [7, 11) is 1.50. The Kier molecular flexibility index (Phi) is 9.33. The number of para-hydroxylation sites is 1. The lowest BCUT2D eigenvalue weighted by molar-refractivity contribution is -0.116. The zero-order valence-electron chi connectivity index (χ0n) is 16.0. The van der Waals surface area contributed by atoms with Crippen LogP contribution < -0.4 is 16.4 Å². The highest BCUT2D eigenvalue weighted by atomic mass is 16.3. The average Bonchev–Trinajstić information content (AvgIpc) is 2.74. The zero-order valence-corrected chi connectivity index (χ0v) is 16.0. The first kappa shape index (κ1) is 21.9. The normalized spacial score (nSPS) is 11.9. The molecule has 0 atom stereocenters. The van der Waals surface area contributed by atoms with E-state index in [0.29, 0.717) is 30.6 Å². The Morgan fingerprint density at radius 2 is 1.74 bits per heavy atom. The van der Waals surface area contributed by atoms with Gasteiger partial charge in [0.2, 0.25) is 0 Å². The first-order valence-corrected chi connectivity index (χ1v) is 8.85. The Morgan fingerprint density at radius 1 is 1.07 bits per heavy atom. The monoisotopic (exact) mass is 369 g/mol. The number of hydrogen-bond acceptors (Lipinski definition) is 6. The molecule has 0 saturated heterocycles. The van der Waals surface area contributed by atoms with Gasteiger partial charge in [-0.3, -0.25) is 9.59 Å². The minimum atomic E-state index is -0.155. The van der Waals surface area contributed by atoms with Crippen molar-refractivity contribution in [1.82, 2.24) is 5.32 Å². The van der Waals surface area contributed by atoms with Crippen LogP contribution in [0.15, 0.2) is 59.9 Å². The molecule has 1 aliphatic rings. The fourth-order valence-electron chi connectivity index (χ4n) is 2.39. The Bertz CT molecular complexity index is 787. The van der Waals surface area contributed by atoms with E-state index in [1.807, 2.05) is 44.2 Å². The van der Waals surface area contributed by atoms with Crippen LogP contribution in [-0.2, 0) is 11.3 Å². The van der Waals surface area contributed by atoms with Crippen molar-refractivity contribution in [3.8, 4) is 5.75 Å². The van der Waals surface area contributed by atoms with Gasteiger partial charge in [0.15, 0.2) is 12.1 Å². The molecule has 2 aromatic rings. The number of carbonyl (C=O) groups excluding carboxylic acids is 2. The van der Waals surface area contributed by atoms with Crippen molar-refractivity contribution in [3.05, 3.63) is 71.1 Å². The Labute approximate surface area is 160 Å². The number of carbonyl (C=O) groups is 2. The predicted molar refractivity (Wildman–Crippen MR) is 109 cm³/mol. The van der Waals surface area contributed by atoms with Gasteiger partial charge in [0.05, 0.1) is 17.7 Å². The third-order valence-corrected chi connectivity index (χ3v) is 3.72. The van der Waals surface area contributed by atoms with Crippen LogP contribution in [0.1, 0.15) is 36.2 Å². The smallest absolute Gasteiger partial charge is 0.186 e. The van der Waals surface area contributed by atoms with Crippen molar-refractivity contribution in [1.29, 1.82) is 0 Å². The minimum absolute atomic E-state index is 0.0310. The number of aromatic hydroxyl groups is 1. The number of anilines is 1. The van der Waals surface area contributed by atoms with Gasteiger partial charge in [0.25, 0.3) is 0 Å². The molecular formula is C21H27N3O3. The van der Waals surface area contributed by atoms with Crippen molar-refractivity contribution in [2.75, 3.05) is 12.4 Å². The summed E-state index contributed by atoms with van der Waals surface area (Å²) in [5.74, 6) is -0.187. The molecule has 0 radical (unpaired) electrons. The predicted octanol–water partition coefficient (Wildman–Crippen LogP) is 3.19. The molecule has 0 spiro atoms. The van der Waals surface area contributed by atoms with E-state index in [1.54, 1.807) is 12.1 Å². The molecule has 2 aromatic carbocycles. The molecule has 3 rings (SSSR count). The van der Waals surface area contributed by atoms with Crippen LogP contribution in [0.2, 0.25) is 0 Å². The second-order valence-electron chi connectivity index (χ2n) is 5.28. The van der Waals surface area contributed by atoms with Crippen molar-refractivity contribution < 1.29 is 14.7 Å². The van der Waals surface area contributed by atoms with Crippen LogP contribution in [-0.4, -0.2) is 24.2 Å². The van der Waals surface area contributed by atoms with Gasteiger partial charge in [0, 0.05) is 12.2 Å². The lowest BCUT2D eigenvalue weighted by Gasteiger charge is -2.25. The summed E-state index contributed by atoms with van der Waals surface area (Å²) in [4.78, 5) is 22.7. The molecule has 1 aliphatic carbocycles. The number of ketones is 1. The number of phenols is 1. The van der Waals surface area contributed by atoms with Gasteiger partial charge < -0.3 is 21.5 Å². The van der Waals surface area contributed by atoms with E-state index in [-0.39, 0.29) is 17.1 Å². The Hall–Kier alpha value is -3.12. The summed E-state index contributed by atoms with van der Waals surface area (Å²) in [6.45, 7) is 4.62. The molecule has 144 valence electrons. The van der Waals surface area contributed by atoms with Gasteiger partial charge >= 0.3 is 0 Å². The van der Waals surface area contributed by atoms with Gasteiger partial charge in [-0.1, -0.05) is 50.2 Å². The molecule has 0 fully saturated rings. The largest absolute Gasteiger partial charge is 0.505 e. The number of aldehydes is 1. The number of Topliss-reactive ketones (excluding diaryl/α,β-unsaturated/α-hetero) is 1. The molecule has 5 N–H and O–H groups in total. The van der Waals surface area contributed by atoms with Crippen LogP contribution >= 0.6 is 0 Å². The molecular weight excluding hydrogens is 342 g/mol. The number of benzene rings is 2. The van der Waals surface area contributed by atoms with Crippen LogP contribution in [0.25, 0.3) is 0 Å². The van der Waals surface area contributed by atoms with Crippen LogP contribution in [0.5, 0.6) is 5.75 Å². The first-order chi connectivity index (χ1) is 13.2. The number of phenolic OH excluding ortho intramolecular Hbond substituents is 1. The molecule has 27 heavy (non-hydrogen) atoms. The molecule has 6 heteroatoms. The van der Waals surface area contributed by atoms with Gasteiger partial charge in [-0.2, -0.15) is 0 Å². The third-order valence-electron chi connectivity index (χ3n) is 3.72. The minimum Gasteiger partial charge on any atom is -0.505 e. The fraction of sp³-hybridized carbons (Fsp3) is 0.238. The molecule has 0 bridgehead atoms. The third kappa shape index (κ3) is 5.69. The van der Waals surface area contributed by atoms with E-state index in [1.165, 1.54) is 13.1 Å². The first-order valence-electron chi connectivity index (χ1n) is 8.85. The summed E-state index contributed by atoms with van der Waals surface area (Å²) >= 11 is 0. The van der Waals surface area contributed by atoms with Crippen molar-refractivity contribution in [2.24, 2.45) is 5.73 Å². The molecule has 0 amide bonds. The maximum atomic E-state index is 11.8. The standard InChI is InChI=1S/C18H16N2O3.C2H6.CH5N/c21-11-13-7-4-8-14(18(13)23)20-17-15(9-16(17)22)19-10-12-5-2-1-3-6-12;2*1-2/h1-8,11,19-20,23H,9-10H2;1-2H3;2H2,1H3. The summed E-state index contributed by atoms with van der Waals surface area (Å²) in [6.07, 6.45) is 0.912. The molecule has 0 aromatic heterocycles. The fourth-order valence-corrected chi connectivity index (χ4v) is 2.39. The molecule has 0 unspecified atom stereocenters. The van der Waals surface area contributed by atoms with Crippen molar-refractivity contribution >= 4 is 17.8 Å². The van der Waals surface area contributed by atoms with Gasteiger partial charge in [-0.05, 0) is 24.7 Å². The zero-order chi connectivity index (χ0) is 20.2. The summed E-state index contributed by atoms with van der Waals surface area (Å²) in [5, 5.41) is 16.1. The molecule has 0 saturated carbocycles. The van der Waals surface area contributed by atoms with Gasteiger partial charge in [0.1, 0.15) is 11.4 Å². The van der Waals surface area contributed by atoms with E-state index in [2.05, 4.69) is 16.4 Å². The van der Waals surface area contributed by atoms with E-state index >= 15 is 0 Å². The summed E-state index contributed by atoms with van der Waals surface area (Å²) in [5.41, 5.74) is 7.37. The van der Waals surface area contributed by atoms with Crippen molar-refractivity contribution in [2.45, 2.75) is 26.8 Å². The van der Waals surface area contributed by atoms with Crippen LogP contribution in [0, 0.1) is 0 Å². The van der Waals surface area contributed by atoms with Gasteiger partial charge in [-0.15, -0.1) is 0 Å². The lowest BCUT2D eigenvalue weighted by atomic mass is 9.98. The van der Waals surface area contributed by atoms with E-state index in [4.69, 9.17) is 0 Å².